The summed E-state index contributed by atoms with van der Waals surface area (Å²) in [5, 5.41) is 10.4. The molecule has 0 fully saturated rings. The lowest BCUT2D eigenvalue weighted by molar-refractivity contribution is -0.384. The lowest BCUT2D eigenvalue weighted by atomic mass is 10.3. The Morgan fingerprint density at radius 2 is 1.39 bits per heavy atom. The molecule has 10 heteroatoms. The van der Waals surface area contributed by atoms with Crippen LogP contribution in [0.4, 0.5) is 11.4 Å². The SMILES string of the molecule is CS(=O)(=O)N(c1ccc([N+](=O)[O-])cc1)S(C)(=O)=O. The Morgan fingerprint density at radius 3 is 1.67 bits per heavy atom. The molecule has 1 aromatic rings. The minimum Gasteiger partial charge on any atom is -0.258 e. The molecule has 18 heavy (non-hydrogen) atoms. The molecule has 0 saturated carbocycles. The lowest BCUT2D eigenvalue weighted by Gasteiger charge is -2.19. The van der Waals surface area contributed by atoms with Gasteiger partial charge in [0.05, 0.1) is 23.1 Å². The van der Waals surface area contributed by atoms with Crippen LogP contribution in [0.15, 0.2) is 24.3 Å². The predicted octanol–water partition coefficient (Wildman–Crippen LogP) is 0.320. The minimum absolute atomic E-state index is 0.175. The number of sulfonamides is 2. The van der Waals surface area contributed by atoms with Crippen LogP contribution in [0.2, 0.25) is 0 Å². The van der Waals surface area contributed by atoms with E-state index in [1.165, 1.54) is 0 Å². The average molecular weight is 294 g/mol. The third kappa shape index (κ3) is 3.17. The zero-order chi connectivity index (χ0) is 14.1. The summed E-state index contributed by atoms with van der Waals surface area (Å²) < 4.78 is 45.9. The van der Waals surface area contributed by atoms with Gasteiger partial charge in [0.1, 0.15) is 0 Å². The van der Waals surface area contributed by atoms with E-state index in [0.29, 0.717) is 0 Å². The predicted molar refractivity (Wildman–Crippen MR) is 65.3 cm³/mol. The van der Waals surface area contributed by atoms with Crippen LogP contribution in [0.3, 0.4) is 0 Å². The van der Waals surface area contributed by atoms with E-state index in [1.54, 1.807) is 0 Å². The first-order valence-corrected chi connectivity index (χ1v) is 8.18. The van der Waals surface area contributed by atoms with E-state index >= 15 is 0 Å². The highest BCUT2D eigenvalue weighted by molar-refractivity contribution is 8.09. The van der Waals surface area contributed by atoms with Crippen molar-refractivity contribution in [2.24, 2.45) is 0 Å². The summed E-state index contributed by atoms with van der Waals surface area (Å²) >= 11 is 0. The summed E-state index contributed by atoms with van der Waals surface area (Å²) in [6.45, 7) is 0. The number of nitro groups is 1. The first-order chi connectivity index (χ1) is 8.03. The number of rotatable bonds is 4. The summed E-state index contributed by atoms with van der Waals surface area (Å²) in [5.41, 5.74) is -0.439. The molecule has 0 N–H and O–H groups in total. The fraction of sp³-hybridized carbons (Fsp3) is 0.250. The molecular formula is C8H10N2O6S2. The van der Waals surface area contributed by atoms with Crippen molar-refractivity contribution >= 4 is 31.4 Å². The first kappa shape index (κ1) is 14.4. The van der Waals surface area contributed by atoms with Crippen LogP contribution in [0.1, 0.15) is 0 Å². The Bertz CT molecular complexity index is 630. The summed E-state index contributed by atoms with van der Waals surface area (Å²) in [5.74, 6) is 0. The van der Waals surface area contributed by atoms with Crippen molar-refractivity contribution in [1.82, 2.24) is 0 Å². The molecular weight excluding hydrogens is 284 g/mol. The van der Waals surface area contributed by atoms with Crippen molar-refractivity contribution in [3.8, 4) is 0 Å². The van der Waals surface area contributed by atoms with Crippen LogP contribution in [0.5, 0.6) is 0 Å². The van der Waals surface area contributed by atoms with Gasteiger partial charge in [0.15, 0.2) is 0 Å². The normalized spacial score (nSPS) is 12.1. The molecule has 100 valence electrons. The number of anilines is 1. The van der Waals surface area contributed by atoms with Crippen LogP contribution in [-0.4, -0.2) is 34.3 Å². The maximum Gasteiger partial charge on any atom is 0.269 e. The van der Waals surface area contributed by atoms with E-state index in [4.69, 9.17) is 0 Å². The van der Waals surface area contributed by atoms with Crippen molar-refractivity contribution < 1.29 is 21.8 Å². The Labute approximate surface area is 104 Å². The van der Waals surface area contributed by atoms with E-state index in [9.17, 15) is 26.9 Å². The average Bonchev–Trinajstić information content (AvgIpc) is 2.13. The highest BCUT2D eigenvalue weighted by Crippen LogP contribution is 2.23. The highest BCUT2D eigenvalue weighted by atomic mass is 32.3. The number of nitrogens with zero attached hydrogens (tertiary/aromatic N) is 2. The second kappa shape index (κ2) is 4.53. The molecule has 0 unspecified atom stereocenters. The van der Waals surface area contributed by atoms with E-state index in [0.717, 1.165) is 36.8 Å². The molecule has 1 aromatic carbocycles. The van der Waals surface area contributed by atoms with Crippen LogP contribution < -0.4 is 3.71 Å². The highest BCUT2D eigenvalue weighted by Gasteiger charge is 2.27. The van der Waals surface area contributed by atoms with Crippen LogP contribution in [-0.2, 0) is 20.0 Å². The topological polar surface area (TPSA) is 115 Å². The van der Waals surface area contributed by atoms with Gasteiger partial charge < -0.3 is 0 Å². The fourth-order valence-electron chi connectivity index (χ4n) is 1.32. The smallest absolute Gasteiger partial charge is 0.258 e. The second-order valence-corrected chi connectivity index (χ2v) is 7.39. The molecule has 1 rings (SSSR count). The molecule has 8 nitrogen and oxygen atoms in total. The van der Waals surface area contributed by atoms with Crippen LogP contribution >= 0.6 is 0 Å². The quantitative estimate of drug-likeness (QED) is 0.583. The van der Waals surface area contributed by atoms with Gasteiger partial charge in [-0.1, -0.05) is 0 Å². The maximum atomic E-state index is 11.4. The largest absolute Gasteiger partial charge is 0.269 e. The van der Waals surface area contributed by atoms with Crippen molar-refractivity contribution in [2.45, 2.75) is 0 Å². The van der Waals surface area contributed by atoms with Gasteiger partial charge in [-0.25, -0.2) is 16.8 Å². The van der Waals surface area contributed by atoms with Gasteiger partial charge in [-0.2, -0.15) is 3.71 Å². The number of hydrogen-bond donors (Lipinski definition) is 0. The van der Waals surface area contributed by atoms with Crippen LogP contribution in [0, 0.1) is 10.1 Å². The molecule has 0 atom stereocenters. The van der Waals surface area contributed by atoms with Gasteiger partial charge in [0.2, 0.25) is 20.0 Å². The summed E-state index contributed by atoms with van der Waals surface area (Å²) in [4.78, 5) is 9.76. The molecule has 0 saturated heterocycles. The van der Waals surface area contributed by atoms with Crippen LogP contribution in [0.25, 0.3) is 0 Å². The molecule has 0 amide bonds. The van der Waals surface area contributed by atoms with Gasteiger partial charge >= 0.3 is 0 Å². The molecule has 0 aliphatic rings. The number of nitro benzene ring substituents is 1. The van der Waals surface area contributed by atoms with Crippen molar-refractivity contribution in [2.75, 3.05) is 16.2 Å². The molecule has 0 aromatic heterocycles. The first-order valence-electron chi connectivity index (χ1n) is 4.48. The summed E-state index contributed by atoms with van der Waals surface area (Å²) in [6, 6.07) is 4.16. The monoisotopic (exact) mass is 294 g/mol. The van der Waals surface area contributed by atoms with E-state index in [1.807, 2.05) is 0 Å². The molecule has 0 radical (unpaired) electrons. The standard InChI is InChI=1S/C8H10N2O6S2/c1-17(13,14)10(18(2,15)16)8-5-3-7(4-6-8)9(11)12/h3-6H,1-2H3. The number of benzene rings is 1. The third-order valence-corrected chi connectivity index (χ3v) is 5.13. The van der Waals surface area contributed by atoms with E-state index in [2.05, 4.69) is 0 Å². The van der Waals surface area contributed by atoms with Gasteiger partial charge in [-0.05, 0) is 12.1 Å². The minimum atomic E-state index is -4.03. The zero-order valence-corrected chi connectivity index (χ0v) is 11.1. The lowest BCUT2D eigenvalue weighted by Crippen LogP contribution is -2.35. The summed E-state index contributed by atoms with van der Waals surface area (Å²) in [7, 11) is -8.07. The molecule has 0 bridgehead atoms. The Hall–Kier alpha value is -1.68. The second-order valence-electron chi connectivity index (χ2n) is 3.50. The summed E-state index contributed by atoms with van der Waals surface area (Å²) in [6.07, 6.45) is 1.46. The van der Waals surface area contributed by atoms with Gasteiger partial charge in [0.25, 0.3) is 5.69 Å². The Balaban J connectivity index is 3.38. The molecule has 0 spiro atoms. The molecule has 0 heterocycles. The van der Waals surface area contributed by atoms with Gasteiger partial charge in [-0.15, -0.1) is 0 Å². The van der Waals surface area contributed by atoms with Crippen molar-refractivity contribution in [3.63, 3.8) is 0 Å². The Kier molecular flexibility index (Phi) is 3.62. The fourth-order valence-corrected chi connectivity index (χ4v) is 4.30. The van der Waals surface area contributed by atoms with Crippen molar-refractivity contribution in [1.29, 1.82) is 0 Å². The van der Waals surface area contributed by atoms with Gasteiger partial charge in [0, 0.05) is 12.1 Å². The van der Waals surface area contributed by atoms with Gasteiger partial charge in [-0.3, -0.25) is 10.1 Å². The molecule has 0 aliphatic heterocycles. The molecule has 0 aliphatic carbocycles. The Morgan fingerprint density at radius 1 is 1.00 bits per heavy atom. The van der Waals surface area contributed by atoms with E-state index < -0.39 is 25.0 Å². The van der Waals surface area contributed by atoms with E-state index in [-0.39, 0.29) is 15.1 Å². The maximum absolute atomic E-state index is 11.4. The number of hydrogen-bond acceptors (Lipinski definition) is 6. The zero-order valence-electron chi connectivity index (χ0n) is 9.47. The third-order valence-electron chi connectivity index (χ3n) is 1.87. The number of non-ortho nitro benzene ring substituents is 1. The van der Waals surface area contributed by atoms with Crippen molar-refractivity contribution in [3.05, 3.63) is 34.4 Å².